The van der Waals surface area contributed by atoms with Crippen LogP contribution in [-0.2, 0) is 11.8 Å². The van der Waals surface area contributed by atoms with Gasteiger partial charge in [-0.05, 0) is 16.5 Å². The molecular formula is C15H19NOS. The third-order valence-corrected chi connectivity index (χ3v) is 3.84. The number of hydrogen-bond donors (Lipinski definition) is 1. The number of rotatable bonds is 3. The van der Waals surface area contributed by atoms with Crippen LogP contribution in [-0.4, -0.2) is 10.1 Å². The van der Waals surface area contributed by atoms with Crippen molar-refractivity contribution >= 4 is 11.3 Å². The number of hydrogen-bond acceptors (Lipinski definition) is 3. The lowest BCUT2D eigenvalue weighted by molar-refractivity contribution is 0.179. The van der Waals surface area contributed by atoms with Gasteiger partial charge in [-0.3, -0.25) is 4.98 Å². The first-order chi connectivity index (χ1) is 8.47. The molecule has 1 N–H and O–H groups in total. The van der Waals surface area contributed by atoms with Crippen molar-refractivity contribution in [1.29, 1.82) is 0 Å². The van der Waals surface area contributed by atoms with E-state index in [9.17, 15) is 5.11 Å². The normalized spacial score (nSPS) is 13.6. The zero-order valence-corrected chi connectivity index (χ0v) is 11.9. The van der Waals surface area contributed by atoms with Gasteiger partial charge in [0.2, 0.25) is 0 Å². The van der Waals surface area contributed by atoms with Crippen LogP contribution in [0.15, 0.2) is 36.0 Å². The molecule has 0 aliphatic carbocycles. The molecule has 1 unspecified atom stereocenters. The molecule has 3 heteroatoms. The van der Waals surface area contributed by atoms with Gasteiger partial charge in [-0.15, -0.1) is 11.3 Å². The highest BCUT2D eigenvalue weighted by molar-refractivity contribution is 7.09. The molecule has 2 rings (SSSR count). The molecule has 0 aliphatic heterocycles. The predicted octanol–water partition coefficient (Wildman–Crippen LogP) is 3.72. The minimum Gasteiger partial charge on any atom is -0.388 e. The summed E-state index contributed by atoms with van der Waals surface area (Å²) in [6, 6.07) is 8.25. The molecule has 0 radical (unpaired) electrons. The Hall–Kier alpha value is -1.19. The zero-order chi connectivity index (χ0) is 13.2. The molecule has 1 atom stereocenters. The quantitative estimate of drug-likeness (QED) is 0.913. The minimum atomic E-state index is -0.445. The van der Waals surface area contributed by atoms with Crippen LogP contribution in [0.4, 0.5) is 0 Å². The summed E-state index contributed by atoms with van der Waals surface area (Å²) in [6.45, 7) is 6.57. The summed E-state index contributed by atoms with van der Waals surface area (Å²) in [5.41, 5.74) is 4.21. The Morgan fingerprint density at radius 3 is 2.39 bits per heavy atom. The van der Waals surface area contributed by atoms with E-state index in [0.717, 1.165) is 10.4 Å². The summed E-state index contributed by atoms with van der Waals surface area (Å²) in [5, 5.41) is 10.2. The van der Waals surface area contributed by atoms with Crippen LogP contribution in [0.5, 0.6) is 0 Å². The van der Waals surface area contributed by atoms with E-state index in [0.29, 0.717) is 6.42 Å². The van der Waals surface area contributed by atoms with Crippen molar-refractivity contribution < 1.29 is 5.11 Å². The van der Waals surface area contributed by atoms with Crippen molar-refractivity contribution in [3.63, 3.8) is 0 Å². The molecule has 18 heavy (non-hydrogen) atoms. The van der Waals surface area contributed by atoms with E-state index in [-0.39, 0.29) is 5.41 Å². The van der Waals surface area contributed by atoms with E-state index in [1.165, 1.54) is 5.56 Å². The number of aliphatic hydroxyl groups is 1. The van der Waals surface area contributed by atoms with Gasteiger partial charge in [-0.2, -0.15) is 0 Å². The standard InChI is InChI=1S/C15H19NOS/c1-15(2,3)12-6-4-11(5-7-12)14(17)8-13-9-16-10-18-13/h4-7,9-10,14,17H,8H2,1-3H3. The zero-order valence-electron chi connectivity index (χ0n) is 11.1. The van der Waals surface area contributed by atoms with E-state index < -0.39 is 6.10 Å². The van der Waals surface area contributed by atoms with Crippen molar-refractivity contribution in [2.45, 2.75) is 38.7 Å². The van der Waals surface area contributed by atoms with Crippen LogP contribution < -0.4 is 0 Å². The average Bonchev–Trinajstić information content (AvgIpc) is 2.81. The minimum absolute atomic E-state index is 0.154. The molecule has 1 heterocycles. The maximum atomic E-state index is 10.2. The Morgan fingerprint density at radius 2 is 1.89 bits per heavy atom. The fraction of sp³-hybridized carbons (Fsp3) is 0.400. The lowest BCUT2D eigenvalue weighted by Crippen LogP contribution is -2.11. The molecular weight excluding hydrogens is 242 g/mol. The Kier molecular flexibility index (Phi) is 3.83. The first kappa shape index (κ1) is 13.2. The third-order valence-electron chi connectivity index (χ3n) is 3.04. The molecule has 0 fully saturated rings. The van der Waals surface area contributed by atoms with Crippen LogP contribution >= 0.6 is 11.3 Å². The van der Waals surface area contributed by atoms with Gasteiger partial charge in [0.1, 0.15) is 0 Å². The van der Waals surface area contributed by atoms with E-state index >= 15 is 0 Å². The highest BCUT2D eigenvalue weighted by atomic mass is 32.1. The molecule has 2 nitrogen and oxygen atoms in total. The summed E-state index contributed by atoms with van der Waals surface area (Å²) in [5.74, 6) is 0. The molecule has 96 valence electrons. The van der Waals surface area contributed by atoms with Gasteiger partial charge in [0.05, 0.1) is 11.6 Å². The SMILES string of the molecule is CC(C)(C)c1ccc(C(O)Cc2cncs2)cc1. The van der Waals surface area contributed by atoms with Crippen LogP contribution in [0.3, 0.4) is 0 Å². The fourth-order valence-corrected chi connectivity index (χ4v) is 2.49. The van der Waals surface area contributed by atoms with E-state index in [2.05, 4.69) is 37.9 Å². The van der Waals surface area contributed by atoms with Crippen molar-refractivity contribution in [3.05, 3.63) is 52.0 Å². The van der Waals surface area contributed by atoms with Gasteiger partial charge >= 0.3 is 0 Å². The Bertz CT molecular complexity index is 482. The van der Waals surface area contributed by atoms with Crippen LogP contribution in [0.1, 0.15) is 42.9 Å². The van der Waals surface area contributed by atoms with Crippen molar-refractivity contribution in [1.82, 2.24) is 4.98 Å². The van der Waals surface area contributed by atoms with E-state index in [1.54, 1.807) is 16.8 Å². The number of benzene rings is 1. The van der Waals surface area contributed by atoms with Gasteiger partial charge in [-0.25, -0.2) is 0 Å². The maximum Gasteiger partial charge on any atom is 0.0838 e. The monoisotopic (exact) mass is 261 g/mol. The first-order valence-electron chi connectivity index (χ1n) is 6.12. The molecule has 1 aromatic heterocycles. The lowest BCUT2D eigenvalue weighted by atomic mass is 9.86. The molecule has 0 saturated heterocycles. The Balaban J connectivity index is 2.10. The Morgan fingerprint density at radius 1 is 1.22 bits per heavy atom. The largest absolute Gasteiger partial charge is 0.388 e. The molecule has 0 amide bonds. The second-order valence-electron chi connectivity index (χ2n) is 5.56. The molecule has 2 aromatic rings. The van der Waals surface area contributed by atoms with Crippen molar-refractivity contribution in [3.8, 4) is 0 Å². The Labute approximate surface area is 112 Å². The first-order valence-corrected chi connectivity index (χ1v) is 7.00. The van der Waals surface area contributed by atoms with Crippen molar-refractivity contribution in [2.24, 2.45) is 0 Å². The average molecular weight is 261 g/mol. The number of thiazole rings is 1. The van der Waals surface area contributed by atoms with E-state index in [4.69, 9.17) is 0 Å². The summed E-state index contributed by atoms with van der Waals surface area (Å²) >= 11 is 1.58. The fourth-order valence-electron chi connectivity index (χ4n) is 1.86. The maximum absolute atomic E-state index is 10.2. The molecule has 0 aliphatic rings. The third kappa shape index (κ3) is 3.18. The van der Waals surface area contributed by atoms with Gasteiger partial charge in [0.25, 0.3) is 0 Å². The lowest BCUT2D eigenvalue weighted by Gasteiger charge is -2.20. The second kappa shape index (κ2) is 5.21. The number of nitrogens with zero attached hydrogens (tertiary/aromatic N) is 1. The predicted molar refractivity (Wildman–Crippen MR) is 75.9 cm³/mol. The van der Waals surface area contributed by atoms with Crippen LogP contribution in [0.25, 0.3) is 0 Å². The highest BCUT2D eigenvalue weighted by Crippen LogP contribution is 2.25. The number of aliphatic hydroxyl groups excluding tert-OH is 1. The smallest absolute Gasteiger partial charge is 0.0838 e. The van der Waals surface area contributed by atoms with Gasteiger partial charge in [-0.1, -0.05) is 45.0 Å². The topological polar surface area (TPSA) is 33.1 Å². The summed E-state index contributed by atoms with van der Waals surface area (Å²) in [6.07, 6.45) is 2.01. The summed E-state index contributed by atoms with van der Waals surface area (Å²) in [4.78, 5) is 5.14. The number of aromatic nitrogens is 1. The van der Waals surface area contributed by atoms with Gasteiger partial charge in [0, 0.05) is 17.5 Å². The van der Waals surface area contributed by atoms with Crippen LogP contribution in [0, 0.1) is 0 Å². The van der Waals surface area contributed by atoms with E-state index in [1.807, 2.05) is 18.3 Å². The molecule has 0 saturated carbocycles. The second-order valence-corrected chi connectivity index (χ2v) is 6.53. The van der Waals surface area contributed by atoms with Crippen molar-refractivity contribution in [2.75, 3.05) is 0 Å². The summed E-state index contributed by atoms with van der Waals surface area (Å²) < 4.78 is 0. The van der Waals surface area contributed by atoms with Crippen LogP contribution in [0.2, 0.25) is 0 Å². The molecule has 0 spiro atoms. The van der Waals surface area contributed by atoms with Gasteiger partial charge in [0.15, 0.2) is 0 Å². The van der Waals surface area contributed by atoms with Gasteiger partial charge < -0.3 is 5.11 Å². The summed E-state index contributed by atoms with van der Waals surface area (Å²) in [7, 11) is 0. The highest BCUT2D eigenvalue weighted by Gasteiger charge is 2.15. The molecule has 1 aromatic carbocycles. The molecule has 0 bridgehead atoms.